The first-order valence-corrected chi connectivity index (χ1v) is 11.1. The lowest BCUT2D eigenvalue weighted by Crippen LogP contribution is -2.56. The van der Waals surface area contributed by atoms with Gasteiger partial charge in [0.1, 0.15) is 22.7 Å². The molecule has 0 amide bonds. The number of nitrogens with zero attached hydrogens (tertiary/aromatic N) is 8. The number of nitrogens with one attached hydrogen (secondary N) is 2. The number of imidazole rings is 1. The highest BCUT2D eigenvalue weighted by Gasteiger charge is 2.25. The maximum Gasteiger partial charge on any atom is 0.159 e. The molecule has 0 aromatic carbocycles. The van der Waals surface area contributed by atoms with Gasteiger partial charge in [0.15, 0.2) is 5.82 Å². The minimum atomic E-state index is 0.182. The van der Waals surface area contributed by atoms with Gasteiger partial charge < -0.3 is 15.6 Å². The first-order valence-electron chi connectivity index (χ1n) is 11.1. The third kappa shape index (κ3) is 3.28. The summed E-state index contributed by atoms with van der Waals surface area (Å²) in [6.07, 6.45) is 12.3. The van der Waals surface area contributed by atoms with Crippen LogP contribution in [0.4, 0.5) is 5.82 Å². The fourth-order valence-corrected chi connectivity index (χ4v) is 4.35. The van der Waals surface area contributed by atoms with Crippen molar-refractivity contribution >= 4 is 27.8 Å². The molecule has 7 rings (SSSR count). The molecular weight excluding hydrogens is 442 g/mol. The third-order valence-corrected chi connectivity index (χ3v) is 6.16. The first-order chi connectivity index (χ1) is 17.2. The van der Waals surface area contributed by atoms with Crippen molar-refractivity contribution in [2.45, 2.75) is 6.04 Å². The van der Waals surface area contributed by atoms with E-state index in [9.17, 15) is 0 Å². The molecule has 1 fully saturated rings. The van der Waals surface area contributed by atoms with Crippen molar-refractivity contribution in [1.82, 2.24) is 45.1 Å². The maximum absolute atomic E-state index is 5.92. The van der Waals surface area contributed by atoms with Crippen molar-refractivity contribution in [3.63, 3.8) is 0 Å². The summed E-state index contributed by atoms with van der Waals surface area (Å²) in [5.74, 6) is 1.43. The van der Waals surface area contributed by atoms with E-state index in [1.165, 1.54) is 0 Å². The monoisotopic (exact) mass is 461 g/mol. The Morgan fingerprint density at radius 3 is 2.69 bits per heavy atom. The molecule has 0 saturated carbocycles. The van der Waals surface area contributed by atoms with Gasteiger partial charge in [-0.05, 0) is 12.1 Å². The first kappa shape index (κ1) is 19.7. The maximum atomic E-state index is 5.92. The summed E-state index contributed by atoms with van der Waals surface area (Å²) in [7, 11) is 0. The van der Waals surface area contributed by atoms with Gasteiger partial charge in [0.25, 0.3) is 0 Å². The topological polar surface area (TPSA) is 151 Å². The summed E-state index contributed by atoms with van der Waals surface area (Å²) in [6.45, 7) is 1.55. The van der Waals surface area contributed by atoms with Gasteiger partial charge in [-0.3, -0.25) is 25.0 Å². The zero-order valence-corrected chi connectivity index (χ0v) is 18.4. The predicted octanol–water partition coefficient (Wildman–Crippen LogP) is 2.56. The molecule has 6 aromatic rings. The van der Waals surface area contributed by atoms with Crippen LogP contribution in [0.3, 0.4) is 0 Å². The highest BCUT2D eigenvalue weighted by molar-refractivity contribution is 5.97. The van der Waals surface area contributed by atoms with Crippen molar-refractivity contribution in [2.24, 2.45) is 5.73 Å². The molecule has 11 heteroatoms. The molecule has 0 unspecified atom stereocenters. The highest BCUT2D eigenvalue weighted by atomic mass is 15.3. The van der Waals surface area contributed by atoms with Crippen LogP contribution in [0.25, 0.3) is 56.0 Å². The largest absolute Gasteiger partial charge is 0.352 e. The molecule has 0 aliphatic carbocycles. The van der Waals surface area contributed by atoms with E-state index in [0.29, 0.717) is 22.9 Å². The molecule has 35 heavy (non-hydrogen) atoms. The molecule has 0 atom stereocenters. The fourth-order valence-electron chi connectivity index (χ4n) is 4.35. The second-order valence-electron chi connectivity index (χ2n) is 8.53. The van der Waals surface area contributed by atoms with Crippen LogP contribution >= 0.6 is 0 Å². The Labute approximate surface area is 198 Å². The van der Waals surface area contributed by atoms with Crippen LogP contribution in [0.15, 0.2) is 61.6 Å². The van der Waals surface area contributed by atoms with Crippen LogP contribution in [0, 0.1) is 0 Å². The summed E-state index contributed by atoms with van der Waals surface area (Å²) >= 11 is 0. The average molecular weight is 461 g/mol. The third-order valence-electron chi connectivity index (χ3n) is 6.16. The van der Waals surface area contributed by atoms with E-state index in [0.717, 1.165) is 52.0 Å². The molecule has 0 spiro atoms. The smallest absolute Gasteiger partial charge is 0.159 e. The van der Waals surface area contributed by atoms with Crippen LogP contribution in [0.2, 0.25) is 0 Å². The van der Waals surface area contributed by atoms with Crippen molar-refractivity contribution in [3.8, 4) is 34.0 Å². The predicted molar refractivity (Wildman–Crippen MR) is 131 cm³/mol. The minimum absolute atomic E-state index is 0.182. The number of anilines is 1. The normalized spacial score (nSPS) is 14.0. The van der Waals surface area contributed by atoms with Crippen LogP contribution in [0.5, 0.6) is 0 Å². The number of hydrogen-bond acceptors (Lipinski definition) is 9. The molecule has 1 aliphatic rings. The molecular formula is C24H19N11. The summed E-state index contributed by atoms with van der Waals surface area (Å²) in [5, 5.41) is 8.46. The Morgan fingerprint density at radius 1 is 0.914 bits per heavy atom. The molecule has 0 bridgehead atoms. The molecule has 6 aromatic heterocycles. The van der Waals surface area contributed by atoms with E-state index in [2.05, 4.69) is 40.0 Å². The van der Waals surface area contributed by atoms with Crippen molar-refractivity contribution in [2.75, 3.05) is 18.0 Å². The SMILES string of the molecule is NC1CN(c2cncc(-c3cc4c(-c5nc6c(-c7cccnc7)cncc6[nH]5)n[nH]c4cn3)n2)C1. The van der Waals surface area contributed by atoms with Gasteiger partial charge in [-0.1, -0.05) is 6.07 Å². The standard InChI is InChI=1S/C24H19N11/c25-14-11-35(12-14)21-10-28-7-19(30-21)17-4-15-18(9-29-17)33-34-23(15)24-31-20-8-27-6-16(22(20)32-24)13-2-1-3-26-5-13/h1-10,14H,11-12,25H2,(H,31,32)(H,33,34). The van der Waals surface area contributed by atoms with Gasteiger partial charge in [0.2, 0.25) is 0 Å². The summed E-state index contributed by atoms with van der Waals surface area (Å²) in [5.41, 5.74) is 12.3. The Morgan fingerprint density at radius 2 is 1.83 bits per heavy atom. The Balaban J connectivity index is 1.31. The quantitative estimate of drug-likeness (QED) is 0.360. The van der Waals surface area contributed by atoms with E-state index in [4.69, 9.17) is 15.7 Å². The average Bonchev–Trinajstić information content (AvgIpc) is 3.51. The van der Waals surface area contributed by atoms with Gasteiger partial charge in [-0.15, -0.1) is 0 Å². The second-order valence-corrected chi connectivity index (χ2v) is 8.53. The van der Waals surface area contributed by atoms with E-state index in [1.807, 2.05) is 18.2 Å². The number of nitrogens with two attached hydrogens (primary N) is 1. The molecule has 170 valence electrons. The van der Waals surface area contributed by atoms with Crippen LogP contribution in [-0.2, 0) is 0 Å². The van der Waals surface area contributed by atoms with Crippen molar-refractivity contribution in [3.05, 3.63) is 61.6 Å². The highest BCUT2D eigenvalue weighted by Crippen LogP contribution is 2.31. The minimum Gasteiger partial charge on any atom is -0.352 e. The number of pyridine rings is 3. The van der Waals surface area contributed by atoms with Crippen molar-refractivity contribution in [1.29, 1.82) is 0 Å². The number of aromatic nitrogens is 9. The zero-order chi connectivity index (χ0) is 23.4. The lowest BCUT2D eigenvalue weighted by atomic mass is 10.1. The van der Waals surface area contributed by atoms with Gasteiger partial charge in [0.05, 0.1) is 41.5 Å². The van der Waals surface area contributed by atoms with Gasteiger partial charge in [0, 0.05) is 54.2 Å². The number of hydrogen-bond donors (Lipinski definition) is 3. The fraction of sp³-hybridized carbons (Fsp3) is 0.125. The molecule has 7 heterocycles. The van der Waals surface area contributed by atoms with Gasteiger partial charge in [-0.2, -0.15) is 5.10 Å². The number of H-pyrrole nitrogens is 2. The van der Waals surface area contributed by atoms with Crippen LogP contribution in [0.1, 0.15) is 0 Å². The Kier molecular flexibility index (Phi) is 4.29. The summed E-state index contributed by atoms with van der Waals surface area (Å²) in [6, 6.07) is 6.02. The van der Waals surface area contributed by atoms with E-state index in [-0.39, 0.29) is 6.04 Å². The molecule has 0 radical (unpaired) electrons. The Hall–Kier alpha value is -4.77. The number of aromatic amines is 2. The van der Waals surface area contributed by atoms with E-state index in [1.54, 1.807) is 43.4 Å². The number of fused-ring (bicyclic) bond motifs is 2. The van der Waals surface area contributed by atoms with Crippen LogP contribution in [-0.4, -0.2) is 64.2 Å². The lowest BCUT2D eigenvalue weighted by molar-refractivity contribution is 0.514. The second kappa shape index (κ2) is 7.64. The number of rotatable bonds is 4. The van der Waals surface area contributed by atoms with Crippen molar-refractivity contribution < 1.29 is 0 Å². The lowest BCUT2D eigenvalue weighted by Gasteiger charge is -2.37. The molecule has 1 saturated heterocycles. The molecule has 1 aliphatic heterocycles. The van der Waals surface area contributed by atoms with Gasteiger partial charge >= 0.3 is 0 Å². The molecule has 4 N–H and O–H groups in total. The van der Waals surface area contributed by atoms with Crippen LogP contribution < -0.4 is 10.6 Å². The zero-order valence-electron chi connectivity index (χ0n) is 18.4. The van der Waals surface area contributed by atoms with E-state index >= 15 is 0 Å². The summed E-state index contributed by atoms with van der Waals surface area (Å²) < 4.78 is 0. The van der Waals surface area contributed by atoms with E-state index < -0.39 is 0 Å². The molecule has 11 nitrogen and oxygen atoms in total. The summed E-state index contributed by atoms with van der Waals surface area (Å²) in [4.78, 5) is 32.6. The Bertz CT molecular complexity index is 1680. The van der Waals surface area contributed by atoms with Gasteiger partial charge in [-0.25, -0.2) is 9.97 Å².